The van der Waals surface area contributed by atoms with Crippen LogP contribution in [0, 0.1) is 0 Å². The van der Waals surface area contributed by atoms with Crippen molar-refractivity contribution in [3.63, 3.8) is 0 Å². The zero-order valence-corrected chi connectivity index (χ0v) is 10.2. The number of hydrogen-bond donors (Lipinski definition) is 1. The van der Waals surface area contributed by atoms with E-state index in [0.29, 0.717) is 0 Å². The maximum Gasteiger partial charge on any atom is 0.460 e. The van der Waals surface area contributed by atoms with E-state index in [0.717, 1.165) is 5.10 Å². The van der Waals surface area contributed by atoms with E-state index in [9.17, 15) is 51.8 Å². The molecule has 0 unspecified atom stereocenters. The van der Waals surface area contributed by atoms with Crippen LogP contribution in [0.5, 0.6) is 0 Å². The molecule has 1 rings (SSSR count). The molecule has 0 aliphatic heterocycles. The van der Waals surface area contributed by atoms with Gasteiger partial charge in [-0.25, -0.2) is 5.10 Å². The number of nitrogens with zero attached hydrogens (tertiary/aromatic N) is 2. The van der Waals surface area contributed by atoms with Crippen molar-refractivity contribution < 1.29 is 51.8 Å². The standard InChI is InChI=1S/C6HF10N3O2S/c7-3(8,1-17-2(19-18-1)22(16,20)21)4(9,10)5(11,12)6(13,14)15/h(H,17,18,19). The summed E-state index contributed by atoms with van der Waals surface area (Å²) in [5, 5.41) is 0.805. The van der Waals surface area contributed by atoms with Gasteiger partial charge in [0.2, 0.25) is 5.82 Å². The van der Waals surface area contributed by atoms with Crippen molar-refractivity contribution in [2.75, 3.05) is 0 Å². The predicted octanol–water partition coefficient (Wildman–Crippen LogP) is 2.39. The van der Waals surface area contributed by atoms with E-state index in [1.165, 1.54) is 0 Å². The Balaban J connectivity index is 3.42. The van der Waals surface area contributed by atoms with E-state index in [4.69, 9.17) is 0 Å². The molecule has 128 valence electrons. The molecule has 0 atom stereocenters. The number of halogens is 10. The van der Waals surface area contributed by atoms with E-state index in [-0.39, 0.29) is 0 Å². The average Bonchev–Trinajstić information content (AvgIpc) is 2.75. The molecule has 1 aromatic heterocycles. The summed E-state index contributed by atoms with van der Waals surface area (Å²) < 4.78 is 145. The lowest BCUT2D eigenvalue weighted by Crippen LogP contribution is -2.59. The van der Waals surface area contributed by atoms with Crippen LogP contribution in [0.25, 0.3) is 0 Å². The third-order valence-corrected chi connectivity index (χ3v) is 2.77. The van der Waals surface area contributed by atoms with Gasteiger partial charge in [0.1, 0.15) is 0 Å². The van der Waals surface area contributed by atoms with Crippen LogP contribution in [0.15, 0.2) is 5.16 Å². The number of rotatable bonds is 4. The highest BCUT2D eigenvalue weighted by Crippen LogP contribution is 2.55. The Morgan fingerprint density at radius 1 is 0.864 bits per heavy atom. The number of alkyl halides is 9. The molecule has 0 aliphatic rings. The zero-order valence-electron chi connectivity index (χ0n) is 9.40. The van der Waals surface area contributed by atoms with Gasteiger partial charge in [-0.05, 0) is 0 Å². The van der Waals surface area contributed by atoms with Gasteiger partial charge in [0, 0.05) is 0 Å². The minimum absolute atomic E-state index is 0.851. The van der Waals surface area contributed by atoms with Crippen molar-refractivity contribution in [2.24, 2.45) is 0 Å². The zero-order chi connectivity index (χ0) is 17.8. The molecule has 1 heterocycles. The Labute approximate surface area is 113 Å². The fourth-order valence-electron chi connectivity index (χ4n) is 1.01. The van der Waals surface area contributed by atoms with Crippen LogP contribution in [-0.4, -0.2) is 41.6 Å². The Hall–Kier alpha value is -1.61. The number of H-pyrrole nitrogens is 1. The Bertz CT molecular complexity index is 662. The van der Waals surface area contributed by atoms with Crippen LogP contribution >= 0.6 is 0 Å². The first-order chi connectivity index (χ1) is 9.46. The van der Waals surface area contributed by atoms with Crippen LogP contribution in [0.4, 0.5) is 43.4 Å². The van der Waals surface area contributed by atoms with Crippen LogP contribution in [0.3, 0.4) is 0 Å². The molecule has 0 aliphatic carbocycles. The molecule has 0 spiro atoms. The topological polar surface area (TPSA) is 75.7 Å². The molecule has 1 aromatic rings. The molecule has 22 heavy (non-hydrogen) atoms. The summed E-state index contributed by atoms with van der Waals surface area (Å²) in [5.74, 6) is -23.4. The van der Waals surface area contributed by atoms with E-state index >= 15 is 0 Å². The Morgan fingerprint density at radius 2 is 1.32 bits per heavy atom. The number of aromatic nitrogens is 3. The fraction of sp³-hybridized carbons (Fsp3) is 0.667. The summed E-state index contributed by atoms with van der Waals surface area (Å²) >= 11 is 0. The number of hydrogen-bond acceptors (Lipinski definition) is 4. The smallest absolute Gasteiger partial charge is 0.247 e. The summed E-state index contributed by atoms with van der Waals surface area (Å²) in [6.07, 6.45) is -7.06. The normalized spacial score (nSPS) is 15.2. The van der Waals surface area contributed by atoms with Crippen molar-refractivity contribution in [1.29, 1.82) is 0 Å². The quantitative estimate of drug-likeness (QED) is 0.653. The van der Waals surface area contributed by atoms with Gasteiger partial charge in [-0.2, -0.15) is 58.0 Å². The molecular formula is C6HF10N3O2S. The minimum Gasteiger partial charge on any atom is -0.247 e. The van der Waals surface area contributed by atoms with Gasteiger partial charge >= 0.3 is 34.2 Å². The van der Waals surface area contributed by atoms with Gasteiger partial charge in [0.15, 0.2) is 0 Å². The monoisotopic (exact) mass is 369 g/mol. The second-order valence-electron chi connectivity index (χ2n) is 3.62. The summed E-state index contributed by atoms with van der Waals surface area (Å²) in [4.78, 5) is 1.95. The van der Waals surface area contributed by atoms with E-state index in [1.807, 2.05) is 10.1 Å². The fourth-order valence-corrected chi connectivity index (χ4v) is 1.36. The molecular weight excluding hydrogens is 368 g/mol. The first kappa shape index (κ1) is 18.4. The second-order valence-corrected chi connectivity index (χ2v) is 4.89. The van der Waals surface area contributed by atoms with Gasteiger partial charge < -0.3 is 0 Å². The summed E-state index contributed by atoms with van der Waals surface area (Å²) in [7, 11) is -5.87. The molecule has 5 nitrogen and oxygen atoms in total. The van der Waals surface area contributed by atoms with Crippen molar-refractivity contribution >= 4 is 10.2 Å². The third-order valence-electron chi connectivity index (χ3n) is 2.12. The summed E-state index contributed by atoms with van der Waals surface area (Å²) in [6.45, 7) is 0. The van der Waals surface area contributed by atoms with Crippen LogP contribution < -0.4 is 0 Å². The van der Waals surface area contributed by atoms with Crippen molar-refractivity contribution in [1.82, 2.24) is 15.2 Å². The Morgan fingerprint density at radius 3 is 1.64 bits per heavy atom. The molecule has 0 fully saturated rings. The minimum atomic E-state index is -7.21. The highest BCUT2D eigenvalue weighted by Gasteiger charge is 2.83. The highest BCUT2D eigenvalue weighted by atomic mass is 32.3. The summed E-state index contributed by atoms with van der Waals surface area (Å²) in [6, 6.07) is 0. The molecule has 0 amide bonds. The molecule has 0 radical (unpaired) electrons. The van der Waals surface area contributed by atoms with Gasteiger partial charge in [-0.15, -0.1) is 0 Å². The third kappa shape index (κ3) is 2.58. The van der Waals surface area contributed by atoms with E-state index in [1.54, 1.807) is 0 Å². The predicted molar refractivity (Wildman–Crippen MR) is 44.5 cm³/mol. The van der Waals surface area contributed by atoms with Crippen molar-refractivity contribution in [3.05, 3.63) is 5.82 Å². The van der Waals surface area contributed by atoms with Crippen LogP contribution in [0.2, 0.25) is 0 Å². The first-order valence-corrected chi connectivity index (χ1v) is 5.92. The molecule has 0 bridgehead atoms. The molecule has 0 saturated heterocycles. The lowest BCUT2D eigenvalue weighted by atomic mass is 10.0. The maximum absolute atomic E-state index is 13.2. The van der Waals surface area contributed by atoms with Crippen LogP contribution in [-0.2, 0) is 16.1 Å². The molecule has 0 aromatic carbocycles. The SMILES string of the molecule is O=S(=O)(F)c1nc(C(F)(F)C(F)(F)C(F)(F)C(F)(F)F)n[nH]1. The van der Waals surface area contributed by atoms with Gasteiger partial charge in [0.25, 0.3) is 5.16 Å². The van der Waals surface area contributed by atoms with Gasteiger partial charge in [-0.1, -0.05) is 3.89 Å². The van der Waals surface area contributed by atoms with Crippen LogP contribution in [0.1, 0.15) is 5.82 Å². The van der Waals surface area contributed by atoms with Gasteiger partial charge in [-0.3, -0.25) is 0 Å². The van der Waals surface area contributed by atoms with Crippen molar-refractivity contribution in [3.8, 4) is 0 Å². The lowest BCUT2D eigenvalue weighted by molar-refractivity contribution is -0.400. The highest BCUT2D eigenvalue weighted by molar-refractivity contribution is 7.86. The summed E-state index contributed by atoms with van der Waals surface area (Å²) in [5.41, 5.74) is 0. The largest absolute Gasteiger partial charge is 0.460 e. The average molecular weight is 369 g/mol. The van der Waals surface area contributed by atoms with E-state index < -0.39 is 45.1 Å². The Kier molecular flexibility index (Phi) is 3.93. The molecule has 0 saturated carbocycles. The maximum atomic E-state index is 13.2. The first-order valence-electron chi connectivity index (χ1n) is 4.54. The van der Waals surface area contributed by atoms with Crippen molar-refractivity contribution in [2.45, 2.75) is 29.1 Å². The van der Waals surface area contributed by atoms with E-state index in [2.05, 4.69) is 0 Å². The van der Waals surface area contributed by atoms with Gasteiger partial charge in [0.05, 0.1) is 0 Å². The lowest BCUT2D eigenvalue weighted by Gasteiger charge is -2.32. The molecule has 1 N–H and O–H groups in total. The number of aromatic amines is 1. The molecule has 16 heteroatoms. The second kappa shape index (κ2) is 4.69. The number of nitrogens with one attached hydrogen (secondary N) is 1.